The van der Waals surface area contributed by atoms with E-state index in [1.54, 1.807) is 35.4 Å². The molecular weight excluding hydrogens is 478 g/mol. The van der Waals surface area contributed by atoms with Crippen LogP contribution in [0, 0.1) is 10.1 Å². The fourth-order valence-corrected chi connectivity index (χ4v) is 4.57. The Kier molecular flexibility index (Phi) is 8.74. The van der Waals surface area contributed by atoms with E-state index in [1.165, 1.54) is 6.07 Å². The van der Waals surface area contributed by atoms with Crippen molar-refractivity contribution in [3.05, 3.63) is 82.0 Å². The molecule has 0 saturated carbocycles. The molecule has 11 nitrogen and oxygen atoms in total. The molecule has 196 valence electrons. The van der Waals surface area contributed by atoms with Gasteiger partial charge in [0.25, 0.3) is 5.69 Å². The number of likely N-dealkylation sites (tertiary alicyclic amines) is 1. The van der Waals surface area contributed by atoms with Crippen molar-refractivity contribution in [2.45, 2.75) is 37.2 Å². The fourth-order valence-electron chi connectivity index (χ4n) is 4.57. The monoisotopic (exact) mass is 509 g/mol. The van der Waals surface area contributed by atoms with Crippen LogP contribution in [0.3, 0.4) is 0 Å². The molecule has 11 heteroatoms. The first-order chi connectivity index (χ1) is 17.9. The highest BCUT2D eigenvalue weighted by Gasteiger charge is 2.40. The van der Waals surface area contributed by atoms with E-state index in [0.717, 1.165) is 11.1 Å². The lowest BCUT2D eigenvalue weighted by molar-refractivity contribution is -0.383. The second-order valence-corrected chi connectivity index (χ2v) is 9.13. The molecule has 4 rings (SSSR count). The number of hydrogen-bond donors (Lipinski definition) is 5. The van der Waals surface area contributed by atoms with Gasteiger partial charge >= 0.3 is 0 Å². The van der Waals surface area contributed by atoms with Gasteiger partial charge in [0.05, 0.1) is 29.4 Å². The summed E-state index contributed by atoms with van der Waals surface area (Å²) in [6.07, 6.45) is -0.675. The highest BCUT2D eigenvalue weighted by molar-refractivity contribution is 5.71. The summed E-state index contributed by atoms with van der Waals surface area (Å²) in [5.74, 6) is 0. The van der Waals surface area contributed by atoms with Gasteiger partial charge in [-0.05, 0) is 42.2 Å². The first kappa shape index (κ1) is 26.6. The van der Waals surface area contributed by atoms with Gasteiger partial charge in [-0.15, -0.1) is 0 Å². The minimum absolute atomic E-state index is 0.0276. The van der Waals surface area contributed by atoms with Gasteiger partial charge in [0, 0.05) is 37.5 Å². The van der Waals surface area contributed by atoms with Gasteiger partial charge in [0.15, 0.2) is 0 Å². The SMILES string of the molecule is O=[N+]([O-])c1cc(-c2cccnn2)ccc1NCCc1ccc(CCN2CC(O)C(O)C(O)C2CO)cc1. The Hall–Kier alpha value is -3.48. The minimum Gasteiger partial charge on any atom is -0.395 e. The van der Waals surface area contributed by atoms with E-state index in [0.29, 0.717) is 42.9 Å². The maximum Gasteiger partial charge on any atom is 0.292 e. The number of nitrogens with zero attached hydrogens (tertiary/aromatic N) is 4. The molecule has 4 atom stereocenters. The number of β-amino-alcohol motifs (C(OH)–C–C–N with tert-alkyl or cyclic N) is 1. The summed E-state index contributed by atoms with van der Waals surface area (Å²) >= 11 is 0. The van der Waals surface area contributed by atoms with Crippen LogP contribution in [0.5, 0.6) is 0 Å². The number of piperidine rings is 1. The molecule has 37 heavy (non-hydrogen) atoms. The number of rotatable bonds is 10. The second kappa shape index (κ2) is 12.2. The minimum atomic E-state index is -1.26. The molecule has 1 aliphatic heterocycles. The van der Waals surface area contributed by atoms with Crippen LogP contribution >= 0.6 is 0 Å². The van der Waals surface area contributed by atoms with E-state index in [-0.39, 0.29) is 18.8 Å². The normalized spacial score (nSPS) is 22.1. The molecule has 3 aromatic rings. The van der Waals surface area contributed by atoms with Crippen molar-refractivity contribution in [2.24, 2.45) is 0 Å². The van der Waals surface area contributed by atoms with Crippen LogP contribution in [0.15, 0.2) is 60.8 Å². The van der Waals surface area contributed by atoms with Gasteiger partial charge in [0.1, 0.15) is 17.9 Å². The zero-order chi connectivity index (χ0) is 26.4. The van der Waals surface area contributed by atoms with E-state index in [2.05, 4.69) is 15.5 Å². The highest BCUT2D eigenvalue weighted by Crippen LogP contribution is 2.29. The summed E-state index contributed by atoms with van der Waals surface area (Å²) in [6.45, 7) is 0.896. The number of benzene rings is 2. The summed E-state index contributed by atoms with van der Waals surface area (Å²) in [4.78, 5) is 13.0. The number of anilines is 1. The zero-order valence-corrected chi connectivity index (χ0v) is 20.2. The molecule has 0 spiro atoms. The van der Waals surface area contributed by atoms with Crippen molar-refractivity contribution in [3.8, 4) is 11.3 Å². The summed E-state index contributed by atoms with van der Waals surface area (Å²) in [5.41, 5.74) is 3.71. The molecule has 4 unspecified atom stereocenters. The number of nitro benzene ring substituents is 1. The quantitative estimate of drug-likeness (QED) is 0.197. The molecular formula is C26H31N5O6. The van der Waals surface area contributed by atoms with Crippen molar-refractivity contribution in [3.63, 3.8) is 0 Å². The van der Waals surface area contributed by atoms with Crippen LogP contribution in [-0.2, 0) is 12.8 Å². The van der Waals surface area contributed by atoms with Gasteiger partial charge in [-0.25, -0.2) is 0 Å². The predicted octanol–water partition coefficient (Wildman–Crippen LogP) is 1.01. The molecule has 1 saturated heterocycles. The number of aliphatic hydroxyl groups is 4. The number of aromatic nitrogens is 2. The van der Waals surface area contributed by atoms with Gasteiger partial charge in [0.2, 0.25) is 0 Å². The Bertz CT molecular complexity index is 1180. The van der Waals surface area contributed by atoms with Crippen LogP contribution in [-0.4, -0.2) is 91.0 Å². The molecule has 0 radical (unpaired) electrons. The second-order valence-electron chi connectivity index (χ2n) is 9.13. The standard InChI is InChI=1S/C26H31N5O6/c32-16-23-25(34)26(35)24(33)15-30(23)13-10-18-5-3-17(4-6-18)9-12-27-21-8-7-19(14-22(21)31(36)37)20-2-1-11-28-29-20/h1-8,11,14,23-27,32-35H,9-10,12-13,15-16H2. The highest BCUT2D eigenvalue weighted by atomic mass is 16.6. The van der Waals surface area contributed by atoms with Gasteiger partial charge in [-0.1, -0.05) is 30.3 Å². The van der Waals surface area contributed by atoms with Crippen LogP contribution in [0.4, 0.5) is 11.4 Å². The summed E-state index contributed by atoms with van der Waals surface area (Å²) in [7, 11) is 0. The predicted molar refractivity (Wildman–Crippen MR) is 137 cm³/mol. The molecule has 1 fully saturated rings. The van der Waals surface area contributed by atoms with E-state index in [4.69, 9.17) is 0 Å². The lowest BCUT2D eigenvalue weighted by Gasteiger charge is -2.43. The number of nitro groups is 1. The lowest BCUT2D eigenvalue weighted by atomic mass is 9.93. The smallest absolute Gasteiger partial charge is 0.292 e. The fraction of sp³-hybridized carbons (Fsp3) is 0.385. The third-order valence-electron chi connectivity index (χ3n) is 6.72. The molecule has 0 bridgehead atoms. The van der Waals surface area contributed by atoms with E-state index in [1.807, 2.05) is 24.3 Å². The Morgan fingerprint density at radius 1 is 1.03 bits per heavy atom. The molecule has 1 aromatic heterocycles. The van der Waals surface area contributed by atoms with E-state index in [9.17, 15) is 30.5 Å². The molecule has 1 aliphatic rings. The van der Waals surface area contributed by atoms with Gasteiger partial charge in [-0.3, -0.25) is 15.0 Å². The van der Waals surface area contributed by atoms with E-state index >= 15 is 0 Å². The lowest BCUT2D eigenvalue weighted by Crippen LogP contribution is -2.62. The van der Waals surface area contributed by atoms with Crippen molar-refractivity contribution in [1.82, 2.24) is 15.1 Å². The average Bonchev–Trinajstić information content (AvgIpc) is 2.92. The summed E-state index contributed by atoms with van der Waals surface area (Å²) < 4.78 is 0. The maximum absolute atomic E-state index is 11.6. The Morgan fingerprint density at radius 3 is 2.41 bits per heavy atom. The van der Waals surface area contributed by atoms with Crippen molar-refractivity contribution >= 4 is 11.4 Å². The molecule has 2 aromatic carbocycles. The third kappa shape index (κ3) is 6.45. The van der Waals surface area contributed by atoms with Crippen LogP contribution in [0.2, 0.25) is 0 Å². The zero-order valence-electron chi connectivity index (χ0n) is 20.2. The summed E-state index contributed by atoms with van der Waals surface area (Å²) in [5, 5.41) is 62.1. The largest absolute Gasteiger partial charge is 0.395 e. The molecule has 5 N–H and O–H groups in total. The Labute approximate surface area is 214 Å². The topological polar surface area (TPSA) is 165 Å². The van der Waals surface area contributed by atoms with Crippen LogP contribution < -0.4 is 5.32 Å². The van der Waals surface area contributed by atoms with Gasteiger partial charge in [-0.2, -0.15) is 10.2 Å². The first-order valence-corrected chi connectivity index (χ1v) is 12.1. The van der Waals surface area contributed by atoms with Crippen molar-refractivity contribution in [1.29, 1.82) is 0 Å². The van der Waals surface area contributed by atoms with E-state index < -0.39 is 29.3 Å². The number of hydrogen-bond acceptors (Lipinski definition) is 10. The maximum atomic E-state index is 11.6. The Morgan fingerprint density at radius 2 is 1.76 bits per heavy atom. The average molecular weight is 510 g/mol. The van der Waals surface area contributed by atoms with Crippen LogP contribution in [0.25, 0.3) is 11.3 Å². The van der Waals surface area contributed by atoms with Crippen molar-refractivity contribution < 1.29 is 25.3 Å². The van der Waals surface area contributed by atoms with Crippen molar-refractivity contribution in [2.75, 3.05) is 31.6 Å². The molecule has 0 amide bonds. The summed E-state index contributed by atoms with van der Waals surface area (Å²) in [6, 6.07) is 15.8. The number of aliphatic hydroxyl groups excluding tert-OH is 4. The molecule has 0 aliphatic carbocycles. The first-order valence-electron chi connectivity index (χ1n) is 12.1. The molecule has 2 heterocycles. The number of nitrogens with one attached hydrogen (secondary N) is 1. The van der Waals surface area contributed by atoms with Crippen LogP contribution in [0.1, 0.15) is 11.1 Å². The van der Waals surface area contributed by atoms with Gasteiger partial charge < -0.3 is 25.7 Å². The third-order valence-corrected chi connectivity index (χ3v) is 6.72. The Balaban J connectivity index is 1.31.